The summed E-state index contributed by atoms with van der Waals surface area (Å²) in [6, 6.07) is 0. The highest BCUT2D eigenvalue weighted by Gasteiger charge is 2.40. The van der Waals surface area contributed by atoms with Crippen molar-refractivity contribution in [3.8, 4) is 0 Å². The minimum Gasteiger partial charge on any atom is -0.372 e. The zero-order valence-electron chi connectivity index (χ0n) is 12.5. The van der Waals surface area contributed by atoms with Gasteiger partial charge in [-0.15, -0.1) is 0 Å². The maximum atomic E-state index is 6.19. The van der Waals surface area contributed by atoms with Gasteiger partial charge in [0.2, 0.25) is 0 Å². The molecule has 2 rings (SSSR count). The second kappa shape index (κ2) is 5.50. The van der Waals surface area contributed by atoms with Gasteiger partial charge < -0.3 is 10.5 Å². The summed E-state index contributed by atoms with van der Waals surface area (Å²) < 4.78 is 6.19. The Morgan fingerprint density at radius 3 is 2.56 bits per heavy atom. The van der Waals surface area contributed by atoms with E-state index in [9.17, 15) is 0 Å². The number of rotatable bonds is 4. The van der Waals surface area contributed by atoms with Gasteiger partial charge in [0.1, 0.15) is 0 Å². The Morgan fingerprint density at radius 2 is 2.00 bits per heavy atom. The summed E-state index contributed by atoms with van der Waals surface area (Å²) in [4.78, 5) is 0. The Bertz CT molecular complexity index is 276. The van der Waals surface area contributed by atoms with Crippen LogP contribution in [0.4, 0.5) is 0 Å². The van der Waals surface area contributed by atoms with Gasteiger partial charge in [0.15, 0.2) is 0 Å². The highest BCUT2D eigenvalue weighted by molar-refractivity contribution is 4.92. The number of nitrogens with two attached hydrogens (primary N) is 1. The Morgan fingerprint density at radius 1 is 1.22 bits per heavy atom. The molecule has 0 amide bonds. The molecule has 3 unspecified atom stereocenters. The van der Waals surface area contributed by atoms with Crippen molar-refractivity contribution in [3.05, 3.63) is 0 Å². The molecule has 3 atom stereocenters. The maximum absolute atomic E-state index is 6.19. The maximum Gasteiger partial charge on any atom is 0.0631 e. The van der Waals surface area contributed by atoms with Crippen molar-refractivity contribution in [2.75, 3.05) is 6.54 Å². The lowest BCUT2D eigenvalue weighted by Crippen LogP contribution is -2.39. The normalized spacial score (nSPS) is 40.0. The van der Waals surface area contributed by atoms with E-state index in [2.05, 4.69) is 20.8 Å². The fraction of sp³-hybridized carbons (Fsp3) is 1.00. The Labute approximate surface area is 113 Å². The first-order valence-electron chi connectivity index (χ1n) is 7.86. The van der Waals surface area contributed by atoms with Crippen molar-refractivity contribution < 1.29 is 4.74 Å². The molecular formula is C16H31NO. The van der Waals surface area contributed by atoms with Crippen LogP contribution in [0.2, 0.25) is 0 Å². The van der Waals surface area contributed by atoms with Crippen molar-refractivity contribution in [2.24, 2.45) is 17.1 Å². The summed E-state index contributed by atoms with van der Waals surface area (Å²) in [6.45, 7) is 7.62. The first-order chi connectivity index (χ1) is 8.49. The average molecular weight is 253 g/mol. The van der Waals surface area contributed by atoms with E-state index in [0.717, 1.165) is 12.5 Å². The molecule has 106 valence electrons. The molecule has 0 spiro atoms. The van der Waals surface area contributed by atoms with Gasteiger partial charge >= 0.3 is 0 Å². The SMILES string of the molecule is CCC1CCCC(CN)(CC2CCC(C)(C)O2)C1. The molecule has 0 aromatic heterocycles. The molecule has 2 heteroatoms. The molecule has 0 aromatic carbocycles. The topological polar surface area (TPSA) is 35.2 Å². The van der Waals surface area contributed by atoms with Crippen molar-refractivity contribution in [1.29, 1.82) is 0 Å². The molecule has 0 radical (unpaired) electrons. The van der Waals surface area contributed by atoms with Gasteiger partial charge in [-0.2, -0.15) is 0 Å². The van der Waals surface area contributed by atoms with Crippen LogP contribution in [0.5, 0.6) is 0 Å². The van der Waals surface area contributed by atoms with E-state index in [1.165, 1.54) is 51.4 Å². The predicted molar refractivity (Wildman–Crippen MR) is 76.5 cm³/mol. The first kappa shape index (κ1) is 14.3. The Kier molecular flexibility index (Phi) is 4.38. The molecule has 2 fully saturated rings. The minimum absolute atomic E-state index is 0.0965. The van der Waals surface area contributed by atoms with E-state index in [1.807, 2.05) is 0 Å². The summed E-state index contributed by atoms with van der Waals surface area (Å²) in [5, 5.41) is 0. The zero-order chi connectivity index (χ0) is 13.2. The van der Waals surface area contributed by atoms with Crippen LogP contribution in [0.3, 0.4) is 0 Å². The monoisotopic (exact) mass is 253 g/mol. The standard InChI is InChI=1S/C16H31NO/c1-4-13-6-5-8-16(10-13,12-17)11-14-7-9-15(2,3)18-14/h13-14H,4-12,17H2,1-3H3. The van der Waals surface area contributed by atoms with Crippen molar-refractivity contribution in [1.82, 2.24) is 0 Å². The third kappa shape index (κ3) is 3.27. The van der Waals surface area contributed by atoms with Gasteiger partial charge in [-0.05, 0) is 63.8 Å². The van der Waals surface area contributed by atoms with Crippen molar-refractivity contribution >= 4 is 0 Å². The van der Waals surface area contributed by atoms with Crippen LogP contribution in [0.15, 0.2) is 0 Å². The highest BCUT2D eigenvalue weighted by atomic mass is 16.5. The summed E-state index contributed by atoms with van der Waals surface area (Å²) in [7, 11) is 0. The molecule has 1 aliphatic heterocycles. The van der Waals surface area contributed by atoms with E-state index in [0.29, 0.717) is 11.5 Å². The van der Waals surface area contributed by atoms with Crippen LogP contribution >= 0.6 is 0 Å². The first-order valence-corrected chi connectivity index (χ1v) is 7.86. The molecule has 1 aliphatic carbocycles. The second-order valence-electron chi connectivity index (χ2n) is 7.32. The van der Waals surface area contributed by atoms with E-state index in [1.54, 1.807) is 0 Å². The third-order valence-electron chi connectivity index (χ3n) is 5.27. The number of ether oxygens (including phenoxy) is 1. The van der Waals surface area contributed by atoms with Crippen molar-refractivity contribution in [2.45, 2.75) is 83.8 Å². The Hall–Kier alpha value is -0.0800. The van der Waals surface area contributed by atoms with Gasteiger partial charge in [-0.3, -0.25) is 0 Å². The number of hydrogen-bond acceptors (Lipinski definition) is 2. The van der Waals surface area contributed by atoms with Gasteiger partial charge in [0.25, 0.3) is 0 Å². The van der Waals surface area contributed by atoms with Gasteiger partial charge in [-0.25, -0.2) is 0 Å². The van der Waals surface area contributed by atoms with E-state index in [-0.39, 0.29) is 5.60 Å². The summed E-state index contributed by atoms with van der Waals surface area (Å²) >= 11 is 0. The fourth-order valence-corrected chi connectivity index (χ4v) is 4.09. The van der Waals surface area contributed by atoms with E-state index >= 15 is 0 Å². The molecule has 18 heavy (non-hydrogen) atoms. The second-order valence-corrected chi connectivity index (χ2v) is 7.32. The lowest BCUT2D eigenvalue weighted by atomic mass is 9.66. The molecule has 1 saturated heterocycles. The summed E-state index contributed by atoms with van der Waals surface area (Å²) in [5.74, 6) is 0.900. The quantitative estimate of drug-likeness (QED) is 0.825. The average Bonchev–Trinajstić information content (AvgIpc) is 2.68. The molecule has 2 aliphatic rings. The molecule has 1 saturated carbocycles. The third-order valence-corrected chi connectivity index (χ3v) is 5.27. The van der Waals surface area contributed by atoms with Crippen LogP contribution in [-0.4, -0.2) is 18.2 Å². The molecule has 2 N–H and O–H groups in total. The zero-order valence-corrected chi connectivity index (χ0v) is 12.5. The van der Waals surface area contributed by atoms with Crippen LogP contribution in [0, 0.1) is 11.3 Å². The van der Waals surface area contributed by atoms with E-state index < -0.39 is 0 Å². The largest absolute Gasteiger partial charge is 0.372 e. The van der Waals surface area contributed by atoms with Crippen molar-refractivity contribution in [3.63, 3.8) is 0 Å². The van der Waals surface area contributed by atoms with Crippen LogP contribution in [0.25, 0.3) is 0 Å². The van der Waals surface area contributed by atoms with Gasteiger partial charge in [-0.1, -0.05) is 26.2 Å². The van der Waals surface area contributed by atoms with E-state index in [4.69, 9.17) is 10.5 Å². The fourth-order valence-electron chi connectivity index (χ4n) is 4.09. The number of hydrogen-bond donors (Lipinski definition) is 1. The highest BCUT2D eigenvalue weighted by Crippen LogP contribution is 2.46. The minimum atomic E-state index is 0.0965. The molecule has 0 aromatic rings. The molecular weight excluding hydrogens is 222 g/mol. The van der Waals surface area contributed by atoms with Crippen LogP contribution in [0.1, 0.15) is 72.1 Å². The molecule has 0 bridgehead atoms. The molecule has 1 heterocycles. The Balaban J connectivity index is 1.96. The van der Waals surface area contributed by atoms with Gasteiger partial charge in [0, 0.05) is 0 Å². The lowest BCUT2D eigenvalue weighted by Gasteiger charge is -2.42. The van der Waals surface area contributed by atoms with Crippen LogP contribution in [-0.2, 0) is 4.74 Å². The summed E-state index contributed by atoms with van der Waals surface area (Å²) in [6.07, 6.45) is 10.8. The molecule has 2 nitrogen and oxygen atoms in total. The smallest absolute Gasteiger partial charge is 0.0631 e. The van der Waals surface area contributed by atoms with Crippen LogP contribution < -0.4 is 5.73 Å². The predicted octanol–water partition coefficient (Wildman–Crippen LogP) is 3.88. The summed E-state index contributed by atoms with van der Waals surface area (Å²) in [5.41, 5.74) is 6.62. The van der Waals surface area contributed by atoms with Gasteiger partial charge in [0.05, 0.1) is 11.7 Å². The lowest BCUT2D eigenvalue weighted by molar-refractivity contribution is -0.0431.